The Kier molecular flexibility index (Phi) is 6.49. The van der Waals surface area contributed by atoms with Crippen molar-refractivity contribution in [3.63, 3.8) is 0 Å². The first-order valence-corrected chi connectivity index (χ1v) is 12.0. The number of ether oxygens (including phenoxy) is 1. The van der Waals surface area contributed by atoms with Crippen molar-refractivity contribution in [2.24, 2.45) is 10.1 Å². The summed E-state index contributed by atoms with van der Waals surface area (Å²) in [7, 11) is 0. The molecule has 0 spiro atoms. The van der Waals surface area contributed by atoms with Crippen LogP contribution in [0.2, 0.25) is 10.0 Å². The molecule has 1 aromatic heterocycles. The molecule has 0 fully saturated rings. The van der Waals surface area contributed by atoms with E-state index in [4.69, 9.17) is 38.0 Å². The van der Waals surface area contributed by atoms with E-state index in [1.54, 1.807) is 29.1 Å². The quantitative estimate of drug-likeness (QED) is 0.344. The molecule has 0 atom stereocenters. The third-order valence-electron chi connectivity index (χ3n) is 5.14. The molecule has 1 N–H and O–H groups in total. The maximum atomic E-state index is 11.8. The highest BCUT2D eigenvalue weighted by Crippen LogP contribution is 2.33. The summed E-state index contributed by atoms with van der Waals surface area (Å²) in [4.78, 5) is 17.3. The van der Waals surface area contributed by atoms with Crippen LogP contribution in [0.15, 0.2) is 82.2 Å². The first kappa shape index (κ1) is 22.4. The van der Waals surface area contributed by atoms with Gasteiger partial charge in [-0.1, -0.05) is 59.6 Å². The highest BCUT2D eigenvalue weighted by molar-refractivity contribution is 7.07. The summed E-state index contributed by atoms with van der Waals surface area (Å²) >= 11 is 14.2. The second kappa shape index (κ2) is 9.85. The van der Waals surface area contributed by atoms with E-state index in [1.165, 1.54) is 11.3 Å². The molecule has 1 aliphatic rings. The SMILES string of the molecule is O=C1COc2ccc(-c3csc(=NCc4ccccc4)n3N=Cc3c(Cl)cccc3Cl)cc2N1. The topological polar surface area (TPSA) is 68.0 Å². The van der Waals surface area contributed by atoms with Gasteiger partial charge in [0.2, 0.25) is 4.80 Å². The van der Waals surface area contributed by atoms with Crippen LogP contribution in [0.3, 0.4) is 0 Å². The second-order valence-corrected chi connectivity index (χ2v) is 9.10. The van der Waals surface area contributed by atoms with Crippen molar-refractivity contribution in [2.45, 2.75) is 6.54 Å². The van der Waals surface area contributed by atoms with Gasteiger partial charge in [-0.15, -0.1) is 11.3 Å². The van der Waals surface area contributed by atoms with Crippen molar-refractivity contribution in [1.29, 1.82) is 0 Å². The van der Waals surface area contributed by atoms with Gasteiger partial charge in [-0.25, -0.2) is 4.68 Å². The van der Waals surface area contributed by atoms with Crippen molar-refractivity contribution >= 4 is 52.3 Å². The Labute approximate surface area is 209 Å². The Hall–Kier alpha value is -3.39. The van der Waals surface area contributed by atoms with Crippen LogP contribution >= 0.6 is 34.5 Å². The zero-order valence-electron chi connectivity index (χ0n) is 17.7. The smallest absolute Gasteiger partial charge is 0.262 e. The second-order valence-electron chi connectivity index (χ2n) is 7.44. The van der Waals surface area contributed by atoms with Crippen molar-refractivity contribution in [3.05, 3.63) is 98.1 Å². The van der Waals surface area contributed by atoms with Crippen LogP contribution in [0.1, 0.15) is 11.1 Å². The lowest BCUT2D eigenvalue weighted by molar-refractivity contribution is -0.118. The molecule has 0 saturated heterocycles. The number of amides is 1. The van der Waals surface area contributed by atoms with Gasteiger partial charge in [0, 0.05) is 16.5 Å². The molecule has 0 saturated carbocycles. The summed E-state index contributed by atoms with van der Waals surface area (Å²) < 4.78 is 7.24. The van der Waals surface area contributed by atoms with Crippen molar-refractivity contribution in [2.75, 3.05) is 11.9 Å². The average molecular weight is 509 g/mol. The summed E-state index contributed by atoms with van der Waals surface area (Å²) in [5.74, 6) is 0.443. The number of anilines is 1. The Morgan fingerprint density at radius 1 is 1.06 bits per heavy atom. The average Bonchev–Trinajstić information content (AvgIpc) is 3.25. The number of benzene rings is 3. The first-order valence-electron chi connectivity index (χ1n) is 10.4. The number of rotatable bonds is 5. The molecule has 3 aromatic carbocycles. The van der Waals surface area contributed by atoms with Gasteiger partial charge >= 0.3 is 0 Å². The van der Waals surface area contributed by atoms with E-state index in [-0.39, 0.29) is 12.5 Å². The Morgan fingerprint density at radius 2 is 1.85 bits per heavy atom. The van der Waals surface area contributed by atoms with E-state index in [1.807, 2.05) is 53.9 Å². The molecule has 9 heteroatoms. The molecule has 0 aliphatic carbocycles. The fourth-order valence-electron chi connectivity index (χ4n) is 3.45. The van der Waals surface area contributed by atoms with Crippen LogP contribution in [0.5, 0.6) is 5.75 Å². The van der Waals surface area contributed by atoms with E-state index in [0.717, 1.165) is 16.8 Å². The Bertz CT molecular complexity index is 1440. The summed E-state index contributed by atoms with van der Waals surface area (Å²) in [5, 5.41) is 10.5. The van der Waals surface area contributed by atoms with Gasteiger partial charge in [-0.05, 0) is 35.9 Å². The highest BCUT2D eigenvalue weighted by Gasteiger charge is 2.18. The van der Waals surface area contributed by atoms with E-state index >= 15 is 0 Å². The number of carbonyl (C=O) groups is 1. The minimum atomic E-state index is -0.187. The third kappa shape index (κ3) is 4.77. The Balaban J connectivity index is 1.59. The number of hydrogen-bond donors (Lipinski definition) is 1. The highest BCUT2D eigenvalue weighted by atomic mass is 35.5. The van der Waals surface area contributed by atoms with Crippen LogP contribution in [-0.4, -0.2) is 23.4 Å². The minimum Gasteiger partial charge on any atom is -0.482 e. The number of carbonyl (C=O) groups excluding carboxylic acids is 1. The van der Waals surface area contributed by atoms with Crippen molar-refractivity contribution in [1.82, 2.24) is 4.68 Å². The fourth-order valence-corrected chi connectivity index (χ4v) is 4.78. The number of halogens is 2. The maximum absolute atomic E-state index is 11.8. The molecule has 2 heterocycles. The van der Waals surface area contributed by atoms with Gasteiger partial charge in [0.25, 0.3) is 5.91 Å². The number of hydrogen-bond acceptors (Lipinski definition) is 5. The van der Waals surface area contributed by atoms with Crippen LogP contribution in [0.25, 0.3) is 11.3 Å². The summed E-state index contributed by atoms with van der Waals surface area (Å²) in [5.41, 5.74) is 3.99. The fraction of sp³-hybridized carbons (Fsp3) is 0.0800. The monoisotopic (exact) mass is 508 g/mol. The molecule has 4 aromatic rings. The van der Waals surface area contributed by atoms with Gasteiger partial charge in [0.15, 0.2) is 6.61 Å². The molecule has 0 unspecified atom stereocenters. The lowest BCUT2D eigenvalue weighted by atomic mass is 10.1. The molecule has 170 valence electrons. The molecule has 5 rings (SSSR count). The number of thiazole rings is 1. The van der Waals surface area contributed by atoms with Gasteiger partial charge < -0.3 is 10.1 Å². The standard InChI is InChI=1S/C25H18Cl2N4O2S/c26-19-7-4-8-20(27)18(19)13-29-31-22(15-34-25(31)28-12-16-5-2-1-3-6-16)17-9-10-23-21(11-17)30-24(32)14-33-23/h1-11,13,15H,12,14H2,(H,30,32). The van der Waals surface area contributed by atoms with E-state index in [0.29, 0.717) is 38.4 Å². The lowest BCUT2D eigenvalue weighted by Gasteiger charge is -2.18. The molecule has 1 aliphatic heterocycles. The normalized spacial score (nSPS) is 13.6. The van der Waals surface area contributed by atoms with E-state index < -0.39 is 0 Å². The first-order chi connectivity index (χ1) is 16.6. The van der Waals surface area contributed by atoms with Crippen LogP contribution in [0.4, 0.5) is 5.69 Å². The van der Waals surface area contributed by atoms with Crippen molar-refractivity contribution in [3.8, 4) is 17.0 Å². The molecular formula is C25H18Cl2N4O2S. The summed E-state index contributed by atoms with van der Waals surface area (Å²) in [6.45, 7) is 0.521. The van der Waals surface area contributed by atoms with Crippen molar-refractivity contribution < 1.29 is 9.53 Å². The van der Waals surface area contributed by atoms with Crippen LogP contribution in [0, 0.1) is 0 Å². The minimum absolute atomic E-state index is 0.0101. The predicted octanol–water partition coefficient (Wildman–Crippen LogP) is 5.84. The van der Waals surface area contributed by atoms with Gasteiger partial charge in [-0.2, -0.15) is 5.10 Å². The number of fused-ring (bicyclic) bond motifs is 1. The number of nitrogens with zero attached hydrogens (tertiary/aromatic N) is 3. The predicted molar refractivity (Wildman–Crippen MR) is 137 cm³/mol. The molecular weight excluding hydrogens is 491 g/mol. The van der Waals surface area contributed by atoms with Gasteiger partial charge in [0.05, 0.1) is 34.2 Å². The lowest BCUT2D eigenvalue weighted by Crippen LogP contribution is -2.25. The molecule has 0 bridgehead atoms. The third-order valence-corrected chi connectivity index (χ3v) is 6.65. The zero-order chi connectivity index (χ0) is 23.5. The number of nitrogens with one attached hydrogen (secondary N) is 1. The van der Waals surface area contributed by atoms with Gasteiger partial charge in [-0.3, -0.25) is 9.79 Å². The van der Waals surface area contributed by atoms with E-state index in [2.05, 4.69) is 5.32 Å². The summed E-state index contributed by atoms with van der Waals surface area (Å²) in [6, 6.07) is 20.9. The number of aromatic nitrogens is 1. The maximum Gasteiger partial charge on any atom is 0.262 e. The van der Waals surface area contributed by atoms with E-state index in [9.17, 15) is 4.79 Å². The van der Waals surface area contributed by atoms with Crippen LogP contribution < -0.4 is 14.9 Å². The van der Waals surface area contributed by atoms with Crippen LogP contribution in [-0.2, 0) is 11.3 Å². The summed E-state index contributed by atoms with van der Waals surface area (Å²) in [6.07, 6.45) is 1.63. The molecule has 1 amide bonds. The largest absolute Gasteiger partial charge is 0.482 e. The van der Waals surface area contributed by atoms with Gasteiger partial charge in [0.1, 0.15) is 5.75 Å². The molecule has 6 nitrogen and oxygen atoms in total. The molecule has 0 radical (unpaired) electrons. The molecule has 34 heavy (non-hydrogen) atoms. The zero-order valence-corrected chi connectivity index (χ0v) is 20.1. The Morgan fingerprint density at radius 3 is 2.65 bits per heavy atom.